The number of hydrogen-bond acceptors (Lipinski definition) is 5. The molecule has 0 spiro atoms. The Bertz CT molecular complexity index is 935. The van der Waals surface area contributed by atoms with Crippen molar-refractivity contribution in [3.63, 3.8) is 0 Å². The van der Waals surface area contributed by atoms with Gasteiger partial charge in [0.1, 0.15) is 12.4 Å². The molecule has 2 aromatic rings. The lowest BCUT2D eigenvalue weighted by Crippen LogP contribution is -2.34. The molecule has 0 atom stereocenters. The average molecular weight is 473 g/mol. The van der Waals surface area contributed by atoms with E-state index in [4.69, 9.17) is 4.74 Å². The summed E-state index contributed by atoms with van der Waals surface area (Å²) in [5.74, 6) is -1.74. The molecule has 0 unspecified atom stereocenters. The first-order valence-electron chi connectivity index (χ1n) is 8.18. The Balaban J connectivity index is 1.68. The molecule has 0 aliphatic carbocycles. The fraction of sp³-hybridized carbons (Fsp3) is 0.222. The normalized spacial score (nSPS) is 11.1. The second kappa shape index (κ2) is 10.3. The van der Waals surface area contributed by atoms with Crippen LogP contribution < -0.4 is 10.0 Å². The van der Waals surface area contributed by atoms with Gasteiger partial charge in [-0.15, -0.1) is 0 Å². The van der Waals surface area contributed by atoms with Gasteiger partial charge in [-0.25, -0.2) is 12.8 Å². The van der Waals surface area contributed by atoms with Crippen LogP contribution in [-0.2, 0) is 30.8 Å². The highest BCUT2D eigenvalue weighted by atomic mass is 79.9. The molecule has 1 amide bonds. The van der Waals surface area contributed by atoms with Gasteiger partial charge in [-0.1, -0.05) is 34.1 Å². The molecule has 0 radical (unpaired) electrons. The van der Waals surface area contributed by atoms with Gasteiger partial charge in [-0.3, -0.25) is 9.59 Å². The summed E-state index contributed by atoms with van der Waals surface area (Å²) in [6.45, 7) is -0.837. The first kappa shape index (κ1) is 22.0. The van der Waals surface area contributed by atoms with Gasteiger partial charge in [0, 0.05) is 11.0 Å². The van der Waals surface area contributed by atoms with Gasteiger partial charge in [-0.05, 0) is 42.3 Å². The van der Waals surface area contributed by atoms with E-state index in [0.29, 0.717) is 10.9 Å². The van der Waals surface area contributed by atoms with E-state index >= 15 is 0 Å². The van der Waals surface area contributed by atoms with E-state index in [2.05, 4.69) is 26.0 Å². The van der Waals surface area contributed by atoms with E-state index in [0.717, 1.165) is 5.56 Å². The molecule has 0 saturated heterocycles. The number of carbonyl (C=O) groups is 2. The summed E-state index contributed by atoms with van der Waals surface area (Å²) >= 11 is 3.17. The predicted octanol–water partition coefficient (Wildman–Crippen LogP) is 1.77. The van der Waals surface area contributed by atoms with Gasteiger partial charge in [0.2, 0.25) is 10.0 Å². The predicted molar refractivity (Wildman–Crippen MR) is 103 cm³/mol. The van der Waals surface area contributed by atoms with Gasteiger partial charge < -0.3 is 10.1 Å². The molecule has 0 heterocycles. The van der Waals surface area contributed by atoms with Crippen LogP contribution in [0, 0.1) is 5.82 Å². The number of ether oxygens (including phenoxy) is 1. The highest BCUT2D eigenvalue weighted by Gasteiger charge is 2.16. The van der Waals surface area contributed by atoms with Gasteiger partial charge in [0.05, 0.1) is 4.90 Å². The summed E-state index contributed by atoms with van der Waals surface area (Å²) in [6, 6.07) is 11.9. The molecule has 150 valence electrons. The molecule has 2 N–H and O–H groups in total. The van der Waals surface area contributed by atoms with Crippen LogP contribution in [0.3, 0.4) is 0 Å². The van der Waals surface area contributed by atoms with Crippen molar-refractivity contribution in [3.05, 3.63) is 64.4 Å². The zero-order valence-corrected chi connectivity index (χ0v) is 17.1. The molecule has 10 heteroatoms. The third kappa shape index (κ3) is 7.37. The third-order valence-electron chi connectivity index (χ3n) is 3.53. The van der Waals surface area contributed by atoms with E-state index in [1.165, 1.54) is 24.3 Å². The average Bonchev–Trinajstić information content (AvgIpc) is 2.66. The number of nitrogens with one attached hydrogen (secondary N) is 2. The van der Waals surface area contributed by atoms with Crippen LogP contribution in [0.1, 0.15) is 5.56 Å². The van der Waals surface area contributed by atoms with Crippen LogP contribution in [0.15, 0.2) is 57.9 Å². The van der Waals surface area contributed by atoms with E-state index in [9.17, 15) is 22.4 Å². The summed E-state index contributed by atoms with van der Waals surface area (Å²) in [5.41, 5.74) is 0.848. The molecule has 7 nitrogen and oxygen atoms in total. The van der Waals surface area contributed by atoms with Gasteiger partial charge in [0.15, 0.2) is 6.61 Å². The highest BCUT2D eigenvalue weighted by molar-refractivity contribution is 9.10. The number of carbonyl (C=O) groups excluding carboxylic acids is 2. The van der Waals surface area contributed by atoms with Crippen LogP contribution >= 0.6 is 15.9 Å². The third-order valence-corrected chi connectivity index (χ3v) is 5.42. The Morgan fingerprint density at radius 1 is 1.11 bits per heavy atom. The van der Waals surface area contributed by atoms with Crippen molar-refractivity contribution in [2.24, 2.45) is 0 Å². The minimum atomic E-state index is -3.87. The number of amides is 1. The molecule has 28 heavy (non-hydrogen) atoms. The van der Waals surface area contributed by atoms with Crippen molar-refractivity contribution in [2.45, 2.75) is 11.3 Å². The number of hydrogen-bond donors (Lipinski definition) is 2. The Morgan fingerprint density at radius 2 is 1.82 bits per heavy atom. The largest absolute Gasteiger partial charge is 0.455 e. The molecule has 0 aliphatic rings. The monoisotopic (exact) mass is 472 g/mol. The quantitative estimate of drug-likeness (QED) is 0.541. The Hall–Kier alpha value is -2.30. The van der Waals surface area contributed by atoms with Crippen molar-refractivity contribution in [2.75, 3.05) is 19.7 Å². The smallest absolute Gasteiger partial charge is 0.321 e. The molecule has 2 rings (SSSR count). The van der Waals surface area contributed by atoms with Gasteiger partial charge in [-0.2, -0.15) is 4.72 Å². The van der Waals surface area contributed by atoms with Gasteiger partial charge in [0.25, 0.3) is 5.91 Å². The van der Waals surface area contributed by atoms with Crippen molar-refractivity contribution in [3.8, 4) is 0 Å². The molecular weight excluding hydrogens is 455 g/mol. The summed E-state index contributed by atoms with van der Waals surface area (Å²) < 4.78 is 44.4. The topological polar surface area (TPSA) is 102 Å². The number of halogens is 2. The second-order valence-corrected chi connectivity index (χ2v) is 8.35. The fourth-order valence-corrected chi connectivity index (χ4v) is 3.68. The molecule has 0 aliphatic heterocycles. The lowest BCUT2D eigenvalue weighted by molar-refractivity contribution is -0.147. The molecule has 2 aromatic carbocycles. The van der Waals surface area contributed by atoms with Crippen molar-refractivity contribution in [1.82, 2.24) is 10.0 Å². The van der Waals surface area contributed by atoms with Crippen LogP contribution in [0.4, 0.5) is 4.39 Å². The van der Waals surface area contributed by atoms with Crippen molar-refractivity contribution in [1.29, 1.82) is 0 Å². The zero-order chi connectivity index (χ0) is 20.6. The molecule has 0 fully saturated rings. The van der Waals surface area contributed by atoms with E-state index in [1.807, 2.05) is 0 Å². The number of benzene rings is 2. The lowest BCUT2D eigenvalue weighted by atomic mass is 10.1. The molecule has 0 aromatic heterocycles. The van der Waals surface area contributed by atoms with Crippen LogP contribution in [0.2, 0.25) is 0 Å². The van der Waals surface area contributed by atoms with Gasteiger partial charge >= 0.3 is 5.97 Å². The molecular formula is C18H18BrFN2O5S. The van der Waals surface area contributed by atoms with Crippen LogP contribution in [0.25, 0.3) is 0 Å². The maximum atomic E-state index is 12.8. The maximum Gasteiger partial charge on any atom is 0.321 e. The summed E-state index contributed by atoms with van der Waals surface area (Å²) in [5, 5.41) is 2.55. The lowest BCUT2D eigenvalue weighted by Gasteiger charge is -2.08. The minimum Gasteiger partial charge on any atom is -0.455 e. The first-order chi connectivity index (χ1) is 13.3. The van der Waals surface area contributed by atoms with E-state index in [-0.39, 0.29) is 17.3 Å². The fourth-order valence-electron chi connectivity index (χ4n) is 2.12. The SMILES string of the molecule is O=C(COC(=O)CNS(=O)(=O)c1cccc(Br)c1)NCCc1ccc(F)cc1. The zero-order valence-electron chi connectivity index (χ0n) is 14.7. The standard InChI is InChI=1S/C18H18BrFN2O5S/c19-14-2-1-3-16(10-14)28(25,26)22-11-18(24)27-12-17(23)21-9-8-13-4-6-15(20)7-5-13/h1-7,10,22H,8-9,11-12H2,(H,21,23). The number of rotatable bonds is 9. The molecule has 0 bridgehead atoms. The Morgan fingerprint density at radius 3 is 2.50 bits per heavy atom. The summed E-state index contributed by atoms with van der Waals surface area (Å²) in [7, 11) is -3.87. The Kier molecular flexibility index (Phi) is 8.09. The van der Waals surface area contributed by atoms with Crippen molar-refractivity contribution < 1.29 is 27.1 Å². The van der Waals surface area contributed by atoms with Crippen LogP contribution in [-0.4, -0.2) is 40.0 Å². The van der Waals surface area contributed by atoms with E-state index < -0.39 is 35.1 Å². The summed E-state index contributed by atoms with van der Waals surface area (Å²) in [4.78, 5) is 23.3. The summed E-state index contributed by atoms with van der Waals surface area (Å²) in [6.07, 6.45) is 0.492. The maximum absolute atomic E-state index is 12.8. The number of sulfonamides is 1. The number of esters is 1. The second-order valence-electron chi connectivity index (χ2n) is 5.67. The Labute approximate surface area is 170 Å². The van der Waals surface area contributed by atoms with Crippen LogP contribution in [0.5, 0.6) is 0 Å². The van der Waals surface area contributed by atoms with Crippen molar-refractivity contribution >= 4 is 37.8 Å². The minimum absolute atomic E-state index is 0.00629. The van der Waals surface area contributed by atoms with E-state index in [1.54, 1.807) is 24.3 Å². The highest BCUT2D eigenvalue weighted by Crippen LogP contribution is 2.15. The molecule has 0 saturated carbocycles. The first-order valence-corrected chi connectivity index (χ1v) is 10.5.